The van der Waals surface area contributed by atoms with Crippen molar-refractivity contribution < 1.29 is 0 Å². The molecule has 0 unspecified atom stereocenters. The van der Waals surface area contributed by atoms with E-state index in [1.54, 1.807) is 0 Å². The molecule has 0 N–H and O–H groups in total. The number of fused-ring (bicyclic) bond motifs is 3. The van der Waals surface area contributed by atoms with Crippen molar-refractivity contribution >= 4 is 17.1 Å². The molecule has 0 fully saturated rings. The van der Waals surface area contributed by atoms with Gasteiger partial charge in [-0.05, 0) is 120 Å². The van der Waals surface area contributed by atoms with Crippen LogP contribution in [0.25, 0.3) is 77.9 Å². The van der Waals surface area contributed by atoms with E-state index < -0.39 is 0 Å². The van der Waals surface area contributed by atoms with Crippen LogP contribution in [-0.4, -0.2) is 0 Å². The number of benzene rings is 10. The second kappa shape index (κ2) is 16.4. The van der Waals surface area contributed by atoms with Gasteiger partial charge in [0.05, 0.1) is 5.69 Å². The SMILES string of the molecule is CC1(C)c2cc(-c3ccccc3-c3ccccc3)ccc2-c2ccc(N(c3ccc(-c4ccc(-c5ccccc5)cc4)cc3)c3ccccc3-c3ccc(-c4ccccc4)cc3)cc21. The topological polar surface area (TPSA) is 3.24 Å². The van der Waals surface area contributed by atoms with E-state index in [4.69, 9.17) is 0 Å². The van der Waals surface area contributed by atoms with Gasteiger partial charge in [0.25, 0.3) is 0 Å². The predicted molar refractivity (Wildman–Crippen MR) is 271 cm³/mol. The number of rotatable bonds is 9. The van der Waals surface area contributed by atoms with Gasteiger partial charge in [-0.3, -0.25) is 0 Å². The average Bonchev–Trinajstić information content (AvgIpc) is 3.59. The zero-order valence-electron chi connectivity index (χ0n) is 36.1. The van der Waals surface area contributed by atoms with Crippen molar-refractivity contribution in [1.82, 2.24) is 0 Å². The Balaban J connectivity index is 0.999. The molecule has 0 spiro atoms. The highest BCUT2D eigenvalue weighted by Crippen LogP contribution is 2.52. The van der Waals surface area contributed by atoms with Crippen LogP contribution in [-0.2, 0) is 5.41 Å². The summed E-state index contributed by atoms with van der Waals surface area (Å²) in [5.74, 6) is 0. The van der Waals surface area contributed by atoms with Crippen LogP contribution < -0.4 is 4.90 Å². The van der Waals surface area contributed by atoms with Crippen molar-refractivity contribution in [2.24, 2.45) is 0 Å². The van der Waals surface area contributed by atoms with Crippen LogP contribution in [0, 0.1) is 0 Å². The summed E-state index contributed by atoms with van der Waals surface area (Å²) < 4.78 is 0. The summed E-state index contributed by atoms with van der Waals surface area (Å²) in [7, 11) is 0. The molecule has 0 saturated heterocycles. The summed E-state index contributed by atoms with van der Waals surface area (Å²) in [5.41, 5.74) is 23.0. The van der Waals surface area contributed by atoms with Crippen LogP contribution in [0.1, 0.15) is 25.0 Å². The van der Waals surface area contributed by atoms with Gasteiger partial charge >= 0.3 is 0 Å². The van der Waals surface area contributed by atoms with Crippen molar-refractivity contribution in [1.29, 1.82) is 0 Å². The molecule has 11 rings (SSSR count). The van der Waals surface area contributed by atoms with E-state index in [9.17, 15) is 0 Å². The largest absolute Gasteiger partial charge is 0.310 e. The Morgan fingerprint density at radius 2 is 0.594 bits per heavy atom. The molecule has 0 amide bonds. The fourth-order valence-corrected chi connectivity index (χ4v) is 9.74. The first-order chi connectivity index (χ1) is 31.5. The summed E-state index contributed by atoms with van der Waals surface area (Å²) in [5, 5.41) is 0. The Kier molecular flexibility index (Phi) is 9.94. The Morgan fingerprint density at radius 3 is 1.14 bits per heavy atom. The summed E-state index contributed by atoms with van der Waals surface area (Å²) in [4.78, 5) is 2.45. The molecule has 64 heavy (non-hydrogen) atoms. The molecule has 0 bridgehead atoms. The first-order valence-electron chi connectivity index (χ1n) is 22.2. The van der Waals surface area contributed by atoms with Gasteiger partial charge < -0.3 is 4.90 Å². The number of hydrogen-bond acceptors (Lipinski definition) is 1. The first kappa shape index (κ1) is 38.9. The maximum Gasteiger partial charge on any atom is 0.0540 e. The summed E-state index contributed by atoms with van der Waals surface area (Å²) in [6, 6.07) is 90.7. The summed E-state index contributed by atoms with van der Waals surface area (Å²) in [6.07, 6.45) is 0. The Labute approximate surface area is 377 Å². The van der Waals surface area contributed by atoms with Gasteiger partial charge in [-0.1, -0.05) is 226 Å². The van der Waals surface area contributed by atoms with E-state index in [1.165, 1.54) is 89.0 Å². The molecule has 0 atom stereocenters. The second-order valence-electron chi connectivity index (χ2n) is 17.3. The quantitative estimate of drug-likeness (QED) is 0.140. The molecule has 1 nitrogen and oxygen atoms in total. The lowest BCUT2D eigenvalue weighted by Gasteiger charge is -2.30. The molecule has 1 heteroatoms. The average molecular weight is 818 g/mol. The van der Waals surface area contributed by atoms with Crippen molar-refractivity contribution in [3.63, 3.8) is 0 Å². The van der Waals surface area contributed by atoms with Crippen LogP contribution >= 0.6 is 0 Å². The Morgan fingerprint density at radius 1 is 0.250 bits per heavy atom. The zero-order chi connectivity index (χ0) is 43.0. The molecule has 0 heterocycles. The number of nitrogens with zero attached hydrogens (tertiary/aromatic N) is 1. The van der Waals surface area contributed by atoms with Gasteiger partial charge in [0.1, 0.15) is 0 Å². The molecule has 0 aliphatic heterocycles. The third-order valence-corrected chi connectivity index (χ3v) is 13.1. The molecule has 0 aromatic heterocycles. The van der Waals surface area contributed by atoms with E-state index in [1.807, 2.05) is 0 Å². The second-order valence-corrected chi connectivity index (χ2v) is 17.3. The zero-order valence-corrected chi connectivity index (χ0v) is 36.1. The highest BCUT2D eigenvalue weighted by Gasteiger charge is 2.36. The maximum absolute atomic E-state index is 2.45. The molecule has 10 aromatic carbocycles. The summed E-state index contributed by atoms with van der Waals surface area (Å²) >= 11 is 0. The molecule has 1 aliphatic carbocycles. The number of para-hydroxylation sites is 1. The smallest absolute Gasteiger partial charge is 0.0540 e. The van der Waals surface area contributed by atoms with Crippen LogP contribution in [0.3, 0.4) is 0 Å². The van der Waals surface area contributed by atoms with Crippen LogP contribution in [0.5, 0.6) is 0 Å². The number of hydrogen-bond donors (Lipinski definition) is 0. The van der Waals surface area contributed by atoms with E-state index in [2.05, 4.69) is 267 Å². The Hall–Kier alpha value is -8.00. The van der Waals surface area contributed by atoms with Gasteiger partial charge in [0.15, 0.2) is 0 Å². The van der Waals surface area contributed by atoms with Crippen LogP contribution in [0.2, 0.25) is 0 Å². The molecule has 10 aromatic rings. The van der Waals surface area contributed by atoms with E-state index in [-0.39, 0.29) is 5.41 Å². The van der Waals surface area contributed by atoms with Crippen molar-refractivity contribution in [2.75, 3.05) is 4.90 Å². The van der Waals surface area contributed by atoms with Gasteiger partial charge in [-0.15, -0.1) is 0 Å². The molecular weight excluding hydrogens is 771 g/mol. The molecule has 0 saturated carbocycles. The lowest BCUT2D eigenvalue weighted by atomic mass is 9.81. The molecule has 304 valence electrons. The highest BCUT2D eigenvalue weighted by molar-refractivity contribution is 5.93. The predicted octanol–water partition coefficient (Wildman–Crippen LogP) is 17.5. The van der Waals surface area contributed by atoms with Crippen molar-refractivity contribution in [2.45, 2.75) is 19.3 Å². The van der Waals surface area contributed by atoms with Gasteiger partial charge in [-0.2, -0.15) is 0 Å². The monoisotopic (exact) mass is 817 g/mol. The lowest BCUT2D eigenvalue weighted by Crippen LogP contribution is -2.17. The first-order valence-corrected chi connectivity index (χ1v) is 22.2. The fraction of sp³-hybridized carbons (Fsp3) is 0.0476. The maximum atomic E-state index is 2.45. The van der Waals surface area contributed by atoms with Gasteiger partial charge in [0, 0.05) is 22.4 Å². The van der Waals surface area contributed by atoms with Crippen LogP contribution in [0.4, 0.5) is 17.1 Å². The third kappa shape index (κ3) is 7.12. The minimum Gasteiger partial charge on any atom is -0.310 e. The standard InChI is InChI=1S/C63H47N/c1-63(2)60-42-52(56-23-13-12-22-55(56)50-20-10-5-11-21-50)36-40-58(60)59-41-39-54(43-61(59)63)64(53-37-34-49(35-38-53)48-28-26-46(27-29-48)44-16-6-3-7-17-44)62-25-15-14-24-57(62)51-32-30-47(31-33-51)45-18-8-4-9-19-45/h3-43H,1-2H3. The summed E-state index contributed by atoms with van der Waals surface area (Å²) in [6.45, 7) is 4.78. The molecule has 1 aliphatic rings. The number of anilines is 3. The minimum atomic E-state index is -0.230. The Bertz CT molecular complexity index is 3240. The lowest BCUT2D eigenvalue weighted by molar-refractivity contribution is 0.660. The van der Waals surface area contributed by atoms with Gasteiger partial charge in [-0.25, -0.2) is 0 Å². The molecule has 0 radical (unpaired) electrons. The van der Waals surface area contributed by atoms with Crippen molar-refractivity contribution in [3.8, 4) is 77.9 Å². The normalized spacial score (nSPS) is 12.3. The fourth-order valence-electron chi connectivity index (χ4n) is 9.74. The van der Waals surface area contributed by atoms with Crippen molar-refractivity contribution in [3.05, 3.63) is 260 Å². The minimum absolute atomic E-state index is 0.230. The molecular formula is C63H47N. The highest BCUT2D eigenvalue weighted by atomic mass is 15.1. The van der Waals surface area contributed by atoms with E-state index in [0.717, 1.165) is 17.1 Å². The van der Waals surface area contributed by atoms with Crippen LogP contribution in [0.15, 0.2) is 249 Å². The van der Waals surface area contributed by atoms with Gasteiger partial charge in [0.2, 0.25) is 0 Å². The third-order valence-electron chi connectivity index (χ3n) is 13.1. The van der Waals surface area contributed by atoms with E-state index >= 15 is 0 Å². The van der Waals surface area contributed by atoms with E-state index in [0.29, 0.717) is 0 Å².